The first kappa shape index (κ1) is 15.4. The van der Waals surface area contributed by atoms with Crippen LogP contribution in [0.4, 0.5) is 0 Å². The van der Waals surface area contributed by atoms with Crippen molar-refractivity contribution in [2.45, 2.75) is 57.9 Å². The lowest BCUT2D eigenvalue weighted by atomic mass is 9.92. The quantitative estimate of drug-likeness (QED) is 0.815. The molecule has 1 aliphatic carbocycles. The molecule has 1 heterocycles. The molecule has 0 radical (unpaired) electrons. The van der Waals surface area contributed by atoms with Crippen LogP contribution in [0.3, 0.4) is 0 Å². The average Bonchev–Trinajstić information content (AvgIpc) is 3.13. The summed E-state index contributed by atoms with van der Waals surface area (Å²) in [5.41, 5.74) is 2.76. The Morgan fingerprint density at radius 1 is 1.33 bits per heavy atom. The number of ether oxygens (including phenoxy) is 1. The summed E-state index contributed by atoms with van der Waals surface area (Å²) in [7, 11) is 0. The Balaban J connectivity index is 1.68. The topological polar surface area (TPSA) is 21.3 Å². The highest BCUT2D eigenvalue weighted by Crippen LogP contribution is 2.35. The Hall–Kier alpha value is -0.540. The molecule has 0 aromatic heterocycles. The fourth-order valence-corrected chi connectivity index (χ4v) is 4.52. The van der Waals surface area contributed by atoms with Crippen LogP contribution in [0.25, 0.3) is 0 Å². The highest BCUT2D eigenvalue weighted by molar-refractivity contribution is 9.10. The van der Waals surface area contributed by atoms with E-state index in [2.05, 4.69) is 40.3 Å². The Morgan fingerprint density at radius 3 is 2.90 bits per heavy atom. The van der Waals surface area contributed by atoms with Gasteiger partial charge >= 0.3 is 0 Å². The lowest BCUT2D eigenvalue weighted by molar-refractivity contribution is 0.337. The second-order valence-corrected chi connectivity index (χ2v) is 7.31. The van der Waals surface area contributed by atoms with Crippen molar-refractivity contribution < 1.29 is 4.74 Å². The number of halogens is 1. The summed E-state index contributed by atoms with van der Waals surface area (Å²) < 4.78 is 7.06. The molecule has 3 rings (SSSR count). The number of fused-ring (bicyclic) bond motifs is 1. The van der Waals surface area contributed by atoms with Gasteiger partial charge in [0.05, 0.1) is 6.61 Å². The molecule has 1 atom stereocenters. The molecule has 2 aliphatic rings. The molecule has 1 N–H and O–H groups in total. The SMILES string of the molecule is CCNC(CCc1cc(Br)cc2c1OCC2)C1CCCC1. The normalized spacial score (nSPS) is 19.5. The minimum atomic E-state index is 0.675. The number of hydrogen-bond acceptors (Lipinski definition) is 2. The van der Waals surface area contributed by atoms with Gasteiger partial charge in [0, 0.05) is 16.9 Å². The van der Waals surface area contributed by atoms with Crippen molar-refractivity contribution in [2.75, 3.05) is 13.2 Å². The third-order valence-corrected chi connectivity index (χ3v) is 5.44. The van der Waals surface area contributed by atoms with E-state index in [1.165, 1.54) is 53.5 Å². The van der Waals surface area contributed by atoms with Crippen molar-refractivity contribution in [2.24, 2.45) is 5.92 Å². The molecule has 2 nitrogen and oxygen atoms in total. The molecule has 1 aromatic rings. The Morgan fingerprint density at radius 2 is 2.14 bits per heavy atom. The van der Waals surface area contributed by atoms with Crippen LogP contribution >= 0.6 is 15.9 Å². The van der Waals surface area contributed by atoms with Gasteiger partial charge in [-0.1, -0.05) is 35.7 Å². The minimum Gasteiger partial charge on any atom is -0.493 e. The minimum absolute atomic E-state index is 0.675. The molecule has 1 unspecified atom stereocenters. The van der Waals surface area contributed by atoms with Gasteiger partial charge < -0.3 is 10.1 Å². The van der Waals surface area contributed by atoms with E-state index in [0.29, 0.717) is 6.04 Å². The van der Waals surface area contributed by atoms with Crippen LogP contribution in [0.5, 0.6) is 5.75 Å². The summed E-state index contributed by atoms with van der Waals surface area (Å²) in [6.07, 6.45) is 9.06. The van der Waals surface area contributed by atoms with Crippen molar-refractivity contribution in [1.82, 2.24) is 5.32 Å². The molecule has 1 saturated carbocycles. The predicted octanol–water partition coefficient (Wildman–Crippen LogP) is 4.48. The second-order valence-electron chi connectivity index (χ2n) is 6.40. The third-order valence-electron chi connectivity index (χ3n) is 4.99. The van der Waals surface area contributed by atoms with Crippen LogP contribution in [0.2, 0.25) is 0 Å². The molecular formula is C18H26BrNO. The van der Waals surface area contributed by atoms with Gasteiger partial charge in [-0.15, -0.1) is 0 Å². The van der Waals surface area contributed by atoms with Crippen molar-refractivity contribution in [3.05, 3.63) is 27.7 Å². The molecular weight excluding hydrogens is 326 g/mol. The van der Waals surface area contributed by atoms with Crippen molar-refractivity contribution in [1.29, 1.82) is 0 Å². The van der Waals surface area contributed by atoms with Crippen molar-refractivity contribution in [3.63, 3.8) is 0 Å². The number of rotatable bonds is 6. The van der Waals surface area contributed by atoms with Crippen LogP contribution < -0.4 is 10.1 Å². The molecule has 1 fully saturated rings. The van der Waals surface area contributed by atoms with E-state index in [0.717, 1.165) is 31.9 Å². The first-order valence-electron chi connectivity index (χ1n) is 8.45. The molecule has 0 spiro atoms. The van der Waals surface area contributed by atoms with Crippen molar-refractivity contribution in [3.8, 4) is 5.75 Å². The number of nitrogens with one attached hydrogen (secondary N) is 1. The third kappa shape index (κ3) is 3.62. The average molecular weight is 352 g/mol. The van der Waals surface area contributed by atoms with Crippen LogP contribution in [-0.4, -0.2) is 19.2 Å². The highest BCUT2D eigenvalue weighted by Gasteiger charge is 2.25. The predicted molar refractivity (Wildman–Crippen MR) is 91.1 cm³/mol. The molecule has 116 valence electrons. The summed E-state index contributed by atoms with van der Waals surface area (Å²) >= 11 is 3.65. The Bertz CT molecular complexity index is 482. The number of hydrogen-bond donors (Lipinski definition) is 1. The first-order valence-corrected chi connectivity index (χ1v) is 9.24. The monoisotopic (exact) mass is 351 g/mol. The molecule has 0 saturated heterocycles. The summed E-state index contributed by atoms with van der Waals surface area (Å²) in [5, 5.41) is 3.72. The van der Waals surface area contributed by atoms with Gasteiger partial charge in [0.1, 0.15) is 5.75 Å². The van der Waals surface area contributed by atoms with Crippen LogP contribution in [0.15, 0.2) is 16.6 Å². The maximum Gasteiger partial charge on any atom is 0.125 e. The molecule has 1 aliphatic heterocycles. The molecule has 21 heavy (non-hydrogen) atoms. The van der Waals surface area contributed by atoms with E-state index in [-0.39, 0.29) is 0 Å². The van der Waals surface area contributed by atoms with Crippen LogP contribution in [-0.2, 0) is 12.8 Å². The van der Waals surface area contributed by atoms with Gasteiger partial charge in [0.2, 0.25) is 0 Å². The van der Waals surface area contributed by atoms with E-state index < -0.39 is 0 Å². The number of benzene rings is 1. The van der Waals surface area contributed by atoms with E-state index in [1.54, 1.807) is 0 Å². The zero-order valence-corrected chi connectivity index (χ0v) is 14.5. The maximum atomic E-state index is 5.86. The van der Waals surface area contributed by atoms with E-state index in [9.17, 15) is 0 Å². The zero-order valence-electron chi connectivity index (χ0n) is 13.0. The fourth-order valence-electron chi connectivity index (χ4n) is 3.97. The molecule has 0 bridgehead atoms. The maximum absolute atomic E-state index is 5.86. The summed E-state index contributed by atoms with van der Waals surface area (Å²) in [4.78, 5) is 0. The van der Waals surface area contributed by atoms with Crippen molar-refractivity contribution >= 4 is 15.9 Å². The van der Waals surface area contributed by atoms with Crippen LogP contribution in [0.1, 0.15) is 50.2 Å². The molecule has 3 heteroatoms. The summed E-state index contributed by atoms with van der Waals surface area (Å²) in [6, 6.07) is 5.14. The standard InChI is InChI=1S/C18H26BrNO/c1-2-20-17(13-5-3-4-6-13)8-7-14-11-16(19)12-15-9-10-21-18(14)15/h11-13,17,20H,2-10H2,1H3. The Kier molecular flexibility index (Phi) is 5.23. The summed E-state index contributed by atoms with van der Waals surface area (Å²) in [5.74, 6) is 2.05. The lowest BCUT2D eigenvalue weighted by Gasteiger charge is -2.24. The fraction of sp³-hybridized carbons (Fsp3) is 0.667. The van der Waals surface area contributed by atoms with E-state index in [4.69, 9.17) is 4.74 Å². The van der Waals surface area contributed by atoms with E-state index >= 15 is 0 Å². The van der Waals surface area contributed by atoms with Gasteiger partial charge in [-0.2, -0.15) is 0 Å². The highest BCUT2D eigenvalue weighted by atomic mass is 79.9. The van der Waals surface area contributed by atoms with Gasteiger partial charge in [0.25, 0.3) is 0 Å². The van der Waals surface area contributed by atoms with E-state index in [1.807, 2.05) is 0 Å². The van der Waals surface area contributed by atoms with Crippen LogP contribution in [0, 0.1) is 5.92 Å². The zero-order chi connectivity index (χ0) is 14.7. The van der Waals surface area contributed by atoms with Gasteiger partial charge in [0.15, 0.2) is 0 Å². The summed E-state index contributed by atoms with van der Waals surface area (Å²) in [6.45, 7) is 4.15. The lowest BCUT2D eigenvalue weighted by Crippen LogP contribution is -2.35. The van der Waals surface area contributed by atoms with Gasteiger partial charge in [-0.25, -0.2) is 0 Å². The number of aryl methyl sites for hydroxylation is 1. The van der Waals surface area contributed by atoms with Gasteiger partial charge in [-0.3, -0.25) is 0 Å². The molecule has 1 aromatic carbocycles. The smallest absolute Gasteiger partial charge is 0.125 e. The van der Waals surface area contributed by atoms with Gasteiger partial charge in [-0.05, 0) is 61.4 Å². The molecule has 0 amide bonds. The second kappa shape index (κ2) is 7.15. The largest absolute Gasteiger partial charge is 0.493 e. The first-order chi connectivity index (χ1) is 10.3. The Labute approximate surface area is 136 Å².